The third-order valence-electron chi connectivity index (χ3n) is 2.54. The number of hydrogen-bond acceptors (Lipinski definition) is 5. The van der Waals surface area contributed by atoms with Crippen molar-refractivity contribution in [2.45, 2.75) is 39.7 Å². The highest BCUT2D eigenvalue weighted by Gasteiger charge is 2.11. The molecule has 0 amide bonds. The molecule has 0 fully saturated rings. The molecule has 2 aromatic rings. The number of nitrogens with zero attached hydrogens (tertiary/aromatic N) is 2. The van der Waals surface area contributed by atoms with E-state index in [1.165, 1.54) is 4.88 Å². The van der Waals surface area contributed by atoms with E-state index in [4.69, 9.17) is 0 Å². The molecule has 17 heavy (non-hydrogen) atoms. The average Bonchev–Trinajstić information content (AvgIpc) is 2.96. The molecule has 1 unspecified atom stereocenters. The lowest BCUT2D eigenvalue weighted by atomic mass is 10.3. The minimum absolute atomic E-state index is 0.233. The lowest BCUT2D eigenvalue weighted by Gasteiger charge is -2.09. The first-order chi connectivity index (χ1) is 8.22. The van der Waals surface area contributed by atoms with Crippen molar-refractivity contribution in [2.24, 2.45) is 0 Å². The summed E-state index contributed by atoms with van der Waals surface area (Å²) in [5, 5.41) is 7.63. The third-order valence-corrected chi connectivity index (χ3v) is 4.69. The summed E-state index contributed by atoms with van der Waals surface area (Å²) in [5.74, 6) is 0. The van der Waals surface area contributed by atoms with Crippen molar-refractivity contribution >= 4 is 27.8 Å². The van der Waals surface area contributed by atoms with Gasteiger partial charge >= 0.3 is 0 Å². The molecule has 5 heteroatoms. The second kappa shape index (κ2) is 5.60. The van der Waals surface area contributed by atoms with Gasteiger partial charge in [0, 0.05) is 16.5 Å². The van der Waals surface area contributed by atoms with Gasteiger partial charge in [-0.15, -0.1) is 22.7 Å². The number of thiazole rings is 2. The van der Waals surface area contributed by atoms with E-state index in [-0.39, 0.29) is 6.04 Å². The van der Waals surface area contributed by atoms with Crippen LogP contribution in [0.2, 0.25) is 0 Å². The smallest absolute Gasteiger partial charge is 0.183 e. The largest absolute Gasteiger partial charge is 0.353 e. The number of aryl methyl sites for hydroxylation is 2. The van der Waals surface area contributed by atoms with Crippen LogP contribution in [0.3, 0.4) is 0 Å². The first-order valence-corrected chi connectivity index (χ1v) is 7.58. The van der Waals surface area contributed by atoms with Crippen LogP contribution in [0, 0.1) is 0 Å². The summed E-state index contributed by atoms with van der Waals surface area (Å²) in [7, 11) is 0. The van der Waals surface area contributed by atoms with Crippen LogP contribution in [0.15, 0.2) is 11.6 Å². The molecule has 0 saturated carbocycles. The van der Waals surface area contributed by atoms with Crippen molar-refractivity contribution in [1.29, 1.82) is 0 Å². The Morgan fingerprint density at radius 2 is 2.18 bits per heavy atom. The molecule has 0 aliphatic heterocycles. The maximum absolute atomic E-state index is 4.51. The number of nitrogens with one attached hydrogen (secondary N) is 1. The van der Waals surface area contributed by atoms with Gasteiger partial charge in [-0.05, 0) is 19.8 Å². The molecule has 0 bridgehead atoms. The van der Waals surface area contributed by atoms with Crippen LogP contribution < -0.4 is 5.32 Å². The van der Waals surface area contributed by atoms with Crippen LogP contribution in [-0.2, 0) is 12.8 Å². The van der Waals surface area contributed by atoms with Gasteiger partial charge in [0.2, 0.25) is 0 Å². The fourth-order valence-electron chi connectivity index (χ4n) is 1.47. The quantitative estimate of drug-likeness (QED) is 0.893. The Kier molecular flexibility index (Phi) is 4.12. The topological polar surface area (TPSA) is 37.8 Å². The molecule has 0 aromatic carbocycles. The van der Waals surface area contributed by atoms with Gasteiger partial charge in [0.1, 0.15) is 5.01 Å². The van der Waals surface area contributed by atoms with E-state index >= 15 is 0 Å². The molecule has 2 heterocycles. The van der Waals surface area contributed by atoms with E-state index in [0.717, 1.165) is 28.7 Å². The molecule has 0 saturated heterocycles. The van der Waals surface area contributed by atoms with Crippen molar-refractivity contribution in [3.63, 3.8) is 0 Å². The van der Waals surface area contributed by atoms with Crippen molar-refractivity contribution in [2.75, 3.05) is 5.32 Å². The van der Waals surface area contributed by atoms with Gasteiger partial charge in [-0.3, -0.25) is 0 Å². The molecule has 3 nitrogen and oxygen atoms in total. The van der Waals surface area contributed by atoms with Crippen LogP contribution in [0.5, 0.6) is 0 Å². The summed E-state index contributed by atoms with van der Waals surface area (Å²) in [4.78, 5) is 10.3. The number of anilines is 1. The summed E-state index contributed by atoms with van der Waals surface area (Å²) in [6.07, 6.45) is 4.02. The van der Waals surface area contributed by atoms with E-state index in [9.17, 15) is 0 Å². The molecule has 0 spiro atoms. The Morgan fingerprint density at radius 1 is 1.35 bits per heavy atom. The van der Waals surface area contributed by atoms with Crippen LogP contribution >= 0.6 is 22.7 Å². The minimum Gasteiger partial charge on any atom is -0.353 e. The Morgan fingerprint density at radius 3 is 2.76 bits per heavy atom. The van der Waals surface area contributed by atoms with Crippen molar-refractivity contribution < 1.29 is 0 Å². The lowest BCUT2D eigenvalue weighted by Crippen LogP contribution is -2.05. The van der Waals surface area contributed by atoms with Crippen LogP contribution in [0.25, 0.3) is 0 Å². The summed E-state index contributed by atoms with van der Waals surface area (Å²) in [6, 6.07) is 0.233. The van der Waals surface area contributed by atoms with E-state index in [2.05, 4.69) is 41.4 Å². The average molecular weight is 267 g/mol. The second-order valence-corrected chi connectivity index (χ2v) is 5.89. The Hall–Kier alpha value is -0.940. The molecule has 1 N–H and O–H groups in total. The first kappa shape index (κ1) is 12.5. The van der Waals surface area contributed by atoms with Crippen molar-refractivity contribution in [3.05, 3.63) is 27.2 Å². The van der Waals surface area contributed by atoms with Crippen LogP contribution in [0.4, 0.5) is 5.13 Å². The summed E-state index contributed by atoms with van der Waals surface area (Å²) < 4.78 is 0. The summed E-state index contributed by atoms with van der Waals surface area (Å²) in [5.41, 5.74) is 1.15. The fourth-order valence-corrected chi connectivity index (χ4v) is 3.21. The number of aromatic nitrogens is 2. The van der Waals surface area contributed by atoms with E-state index in [1.54, 1.807) is 22.7 Å². The first-order valence-electron chi connectivity index (χ1n) is 5.88. The Balaban J connectivity index is 2.02. The molecule has 1 atom stereocenters. The summed E-state index contributed by atoms with van der Waals surface area (Å²) in [6.45, 7) is 6.41. The molecule has 2 aromatic heterocycles. The van der Waals surface area contributed by atoms with E-state index in [0.29, 0.717) is 0 Å². The van der Waals surface area contributed by atoms with Crippen molar-refractivity contribution in [3.8, 4) is 0 Å². The molecule has 0 radical (unpaired) electrons. The second-order valence-electron chi connectivity index (χ2n) is 3.88. The SMILES string of the molecule is CCc1csc(NC(C)c2ncc(CC)s2)n1. The van der Waals surface area contributed by atoms with Crippen LogP contribution in [-0.4, -0.2) is 9.97 Å². The molecule has 0 aliphatic rings. The van der Waals surface area contributed by atoms with Gasteiger partial charge in [0.05, 0.1) is 11.7 Å². The van der Waals surface area contributed by atoms with Gasteiger partial charge in [-0.1, -0.05) is 13.8 Å². The van der Waals surface area contributed by atoms with Gasteiger partial charge < -0.3 is 5.32 Å². The lowest BCUT2D eigenvalue weighted by molar-refractivity contribution is 0.864. The highest BCUT2D eigenvalue weighted by Crippen LogP contribution is 2.25. The van der Waals surface area contributed by atoms with Gasteiger partial charge in [-0.2, -0.15) is 0 Å². The van der Waals surface area contributed by atoms with Gasteiger partial charge in [0.25, 0.3) is 0 Å². The molecule has 2 rings (SSSR count). The zero-order valence-corrected chi connectivity index (χ0v) is 12.0. The van der Waals surface area contributed by atoms with E-state index < -0.39 is 0 Å². The maximum atomic E-state index is 4.51. The normalized spacial score (nSPS) is 12.6. The predicted molar refractivity (Wildman–Crippen MR) is 75.0 cm³/mol. The monoisotopic (exact) mass is 267 g/mol. The molecule has 92 valence electrons. The highest BCUT2D eigenvalue weighted by atomic mass is 32.1. The molecular weight excluding hydrogens is 250 g/mol. The van der Waals surface area contributed by atoms with Gasteiger partial charge in [0.15, 0.2) is 5.13 Å². The zero-order chi connectivity index (χ0) is 12.3. The predicted octanol–water partition coefficient (Wildman–Crippen LogP) is 3.90. The van der Waals surface area contributed by atoms with Crippen molar-refractivity contribution in [1.82, 2.24) is 9.97 Å². The molecular formula is C12H17N3S2. The molecule has 0 aliphatic carbocycles. The summed E-state index contributed by atoms with van der Waals surface area (Å²) >= 11 is 3.44. The minimum atomic E-state index is 0.233. The highest BCUT2D eigenvalue weighted by molar-refractivity contribution is 7.13. The number of hydrogen-bond donors (Lipinski definition) is 1. The standard InChI is InChI=1S/C12H17N3S2/c1-4-9-7-16-12(15-9)14-8(3)11-13-6-10(5-2)17-11/h6-8H,4-5H2,1-3H3,(H,14,15). The zero-order valence-electron chi connectivity index (χ0n) is 10.4. The fraction of sp³-hybridized carbons (Fsp3) is 0.500. The van der Waals surface area contributed by atoms with Gasteiger partial charge in [-0.25, -0.2) is 9.97 Å². The maximum Gasteiger partial charge on any atom is 0.183 e. The number of rotatable bonds is 5. The Labute approximate surface area is 110 Å². The third kappa shape index (κ3) is 3.04. The van der Waals surface area contributed by atoms with E-state index in [1.807, 2.05) is 6.20 Å². The Bertz CT molecular complexity index is 476. The van der Waals surface area contributed by atoms with Crippen LogP contribution in [0.1, 0.15) is 42.4 Å².